The van der Waals surface area contributed by atoms with Gasteiger partial charge in [0.2, 0.25) is 5.91 Å². The molecular formula is C16H29NO3. The molecule has 0 N–H and O–H groups in total. The van der Waals surface area contributed by atoms with Crippen LogP contribution < -0.4 is 0 Å². The maximum Gasteiger partial charge on any atom is 0.307 e. The predicted molar refractivity (Wildman–Crippen MR) is 79.3 cm³/mol. The van der Waals surface area contributed by atoms with Crippen LogP contribution in [0.2, 0.25) is 0 Å². The molecule has 1 amide bonds. The first-order valence-corrected chi connectivity index (χ1v) is 8.10. The summed E-state index contributed by atoms with van der Waals surface area (Å²) in [6.07, 6.45) is 8.49. The van der Waals surface area contributed by atoms with Crippen LogP contribution in [-0.2, 0) is 14.3 Å². The summed E-state index contributed by atoms with van der Waals surface area (Å²) in [5, 5.41) is 0. The third-order valence-electron chi connectivity index (χ3n) is 4.12. The third kappa shape index (κ3) is 6.40. The summed E-state index contributed by atoms with van der Waals surface area (Å²) < 4.78 is 4.89. The van der Waals surface area contributed by atoms with Gasteiger partial charge in [-0.15, -0.1) is 0 Å². The van der Waals surface area contributed by atoms with Crippen molar-refractivity contribution in [3.63, 3.8) is 0 Å². The summed E-state index contributed by atoms with van der Waals surface area (Å²) in [6, 6.07) is 0. The highest BCUT2D eigenvalue weighted by molar-refractivity contribution is 5.77. The molecule has 1 rings (SSSR count). The zero-order chi connectivity index (χ0) is 14.8. The average Bonchev–Trinajstić information content (AvgIpc) is 2.47. The van der Waals surface area contributed by atoms with Crippen LogP contribution in [0, 0.1) is 5.92 Å². The number of carbonyl (C=O) groups is 2. The van der Waals surface area contributed by atoms with E-state index >= 15 is 0 Å². The lowest BCUT2D eigenvalue weighted by molar-refractivity contribution is -0.144. The van der Waals surface area contributed by atoms with E-state index in [1.807, 2.05) is 6.92 Å². The Kier molecular flexibility index (Phi) is 8.31. The zero-order valence-electron chi connectivity index (χ0n) is 13.0. The van der Waals surface area contributed by atoms with E-state index in [0.717, 1.165) is 12.3 Å². The lowest BCUT2D eigenvalue weighted by atomic mass is 9.86. The minimum Gasteiger partial charge on any atom is -0.466 e. The topological polar surface area (TPSA) is 46.6 Å². The number of ether oxygens (including phenoxy) is 1. The average molecular weight is 283 g/mol. The van der Waals surface area contributed by atoms with Crippen molar-refractivity contribution in [2.45, 2.75) is 65.2 Å². The van der Waals surface area contributed by atoms with Gasteiger partial charge in [0.15, 0.2) is 0 Å². The number of hydrogen-bond donors (Lipinski definition) is 0. The largest absolute Gasteiger partial charge is 0.466 e. The van der Waals surface area contributed by atoms with E-state index < -0.39 is 0 Å². The van der Waals surface area contributed by atoms with Gasteiger partial charge < -0.3 is 9.64 Å². The molecule has 0 spiro atoms. The number of amides is 1. The van der Waals surface area contributed by atoms with E-state index in [2.05, 4.69) is 0 Å². The van der Waals surface area contributed by atoms with Crippen molar-refractivity contribution in [1.29, 1.82) is 0 Å². The predicted octanol–water partition coefficient (Wildman–Crippen LogP) is 3.15. The molecular weight excluding hydrogens is 254 g/mol. The van der Waals surface area contributed by atoms with Crippen LogP contribution in [0.1, 0.15) is 65.2 Å². The van der Waals surface area contributed by atoms with E-state index in [1.54, 1.807) is 11.8 Å². The van der Waals surface area contributed by atoms with Gasteiger partial charge in [-0.05, 0) is 26.2 Å². The van der Waals surface area contributed by atoms with Crippen molar-refractivity contribution in [2.24, 2.45) is 5.92 Å². The molecule has 0 aliphatic heterocycles. The summed E-state index contributed by atoms with van der Waals surface area (Å²) in [5.74, 6) is 0.699. The fraction of sp³-hybridized carbons (Fsp3) is 0.875. The summed E-state index contributed by atoms with van der Waals surface area (Å²) in [4.78, 5) is 25.3. The van der Waals surface area contributed by atoms with Gasteiger partial charge in [0.1, 0.15) is 0 Å². The minimum atomic E-state index is -0.217. The summed E-state index contributed by atoms with van der Waals surface area (Å²) in [5.41, 5.74) is 0. The number of esters is 1. The molecule has 0 aromatic rings. The van der Waals surface area contributed by atoms with Crippen LogP contribution in [0.4, 0.5) is 0 Å². The normalized spacial score (nSPS) is 15.9. The second kappa shape index (κ2) is 9.78. The first-order chi connectivity index (χ1) is 9.67. The number of rotatable bonds is 8. The molecule has 0 radical (unpaired) electrons. The molecule has 0 aromatic heterocycles. The van der Waals surface area contributed by atoms with Crippen molar-refractivity contribution >= 4 is 11.9 Å². The van der Waals surface area contributed by atoms with Crippen LogP contribution in [0.3, 0.4) is 0 Å². The van der Waals surface area contributed by atoms with Gasteiger partial charge in [-0.25, -0.2) is 0 Å². The highest BCUT2D eigenvalue weighted by atomic mass is 16.5. The molecule has 116 valence electrons. The number of carbonyl (C=O) groups excluding carboxylic acids is 2. The second-order valence-electron chi connectivity index (χ2n) is 5.57. The Bertz CT molecular complexity index is 298. The van der Waals surface area contributed by atoms with Crippen LogP contribution in [-0.4, -0.2) is 36.5 Å². The molecule has 20 heavy (non-hydrogen) atoms. The van der Waals surface area contributed by atoms with Crippen molar-refractivity contribution in [3.8, 4) is 0 Å². The third-order valence-corrected chi connectivity index (χ3v) is 4.12. The molecule has 0 heterocycles. The maximum absolute atomic E-state index is 12.2. The Hall–Kier alpha value is -1.06. The quantitative estimate of drug-likeness (QED) is 0.643. The van der Waals surface area contributed by atoms with Gasteiger partial charge in [-0.2, -0.15) is 0 Å². The Labute approximate surface area is 122 Å². The van der Waals surface area contributed by atoms with Crippen molar-refractivity contribution in [1.82, 2.24) is 4.90 Å². The Morgan fingerprint density at radius 1 is 1.10 bits per heavy atom. The Balaban J connectivity index is 2.25. The van der Waals surface area contributed by atoms with Crippen LogP contribution in [0.25, 0.3) is 0 Å². The second-order valence-corrected chi connectivity index (χ2v) is 5.57. The summed E-state index contributed by atoms with van der Waals surface area (Å²) >= 11 is 0. The highest BCUT2D eigenvalue weighted by Gasteiger charge is 2.18. The van der Waals surface area contributed by atoms with E-state index in [-0.39, 0.29) is 11.9 Å². The molecule has 1 fully saturated rings. The fourth-order valence-corrected chi connectivity index (χ4v) is 2.88. The van der Waals surface area contributed by atoms with Gasteiger partial charge >= 0.3 is 5.97 Å². The minimum absolute atomic E-state index is 0.183. The lowest BCUT2D eigenvalue weighted by Crippen LogP contribution is -2.33. The van der Waals surface area contributed by atoms with Gasteiger partial charge in [0.25, 0.3) is 0 Å². The maximum atomic E-state index is 12.2. The first-order valence-electron chi connectivity index (χ1n) is 8.10. The van der Waals surface area contributed by atoms with Crippen molar-refractivity contribution in [3.05, 3.63) is 0 Å². The van der Waals surface area contributed by atoms with Crippen LogP contribution in [0.15, 0.2) is 0 Å². The standard InChI is InChI=1S/C16H29NO3/c1-3-17(13-12-16(19)20-4-2)15(18)11-10-14-8-6-5-7-9-14/h14H,3-13H2,1-2H3. The lowest BCUT2D eigenvalue weighted by Gasteiger charge is -2.24. The molecule has 1 saturated carbocycles. The molecule has 1 aliphatic carbocycles. The Morgan fingerprint density at radius 3 is 2.40 bits per heavy atom. The summed E-state index contributed by atoms with van der Waals surface area (Å²) in [7, 11) is 0. The molecule has 0 aromatic carbocycles. The number of nitrogens with zero attached hydrogens (tertiary/aromatic N) is 1. The van der Waals surface area contributed by atoms with Gasteiger partial charge in [0.05, 0.1) is 13.0 Å². The summed E-state index contributed by atoms with van der Waals surface area (Å²) in [6.45, 7) is 5.32. The van der Waals surface area contributed by atoms with Crippen LogP contribution >= 0.6 is 0 Å². The molecule has 4 heteroatoms. The van der Waals surface area contributed by atoms with E-state index in [9.17, 15) is 9.59 Å². The van der Waals surface area contributed by atoms with Gasteiger partial charge in [-0.3, -0.25) is 9.59 Å². The first kappa shape index (κ1) is 17.0. The zero-order valence-corrected chi connectivity index (χ0v) is 13.0. The number of hydrogen-bond acceptors (Lipinski definition) is 3. The van der Waals surface area contributed by atoms with Crippen LogP contribution in [0.5, 0.6) is 0 Å². The molecule has 4 nitrogen and oxygen atoms in total. The monoisotopic (exact) mass is 283 g/mol. The van der Waals surface area contributed by atoms with E-state index in [0.29, 0.717) is 32.5 Å². The fourth-order valence-electron chi connectivity index (χ4n) is 2.88. The molecule has 1 aliphatic rings. The van der Waals surface area contributed by atoms with Crippen molar-refractivity contribution in [2.75, 3.05) is 19.7 Å². The van der Waals surface area contributed by atoms with E-state index in [4.69, 9.17) is 4.74 Å². The van der Waals surface area contributed by atoms with Gasteiger partial charge in [0, 0.05) is 19.5 Å². The smallest absolute Gasteiger partial charge is 0.307 e. The van der Waals surface area contributed by atoms with E-state index in [1.165, 1.54) is 32.1 Å². The molecule has 0 bridgehead atoms. The Morgan fingerprint density at radius 2 is 1.80 bits per heavy atom. The highest BCUT2D eigenvalue weighted by Crippen LogP contribution is 2.27. The molecule has 0 saturated heterocycles. The van der Waals surface area contributed by atoms with Crippen molar-refractivity contribution < 1.29 is 14.3 Å². The SMILES string of the molecule is CCOC(=O)CCN(CC)C(=O)CCC1CCCCC1. The molecule has 0 unspecified atom stereocenters. The molecule has 0 atom stereocenters. The van der Waals surface area contributed by atoms with Gasteiger partial charge in [-0.1, -0.05) is 32.1 Å².